The number of nitrogens with two attached hydrogens (primary N) is 1. The molecule has 0 aliphatic heterocycles. The Balaban J connectivity index is 1.74. The lowest BCUT2D eigenvalue weighted by molar-refractivity contribution is 1.07. The quantitative estimate of drug-likeness (QED) is 0.670. The second-order valence-corrected chi connectivity index (χ2v) is 4.69. The van der Waals surface area contributed by atoms with E-state index in [1.165, 1.54) is 6.33 Å². The average molecular weight is 292 g/mol. The molecule has 3 rings (SSSR count). The van der Waals surface area contributed by atoms with Gasteiger partial charge >= 0.3 is 0 Å². The normalized spacial score (nSPS) is 10.2. The number of rotatable bonds is 5. The molecule has 0 saturated heterocycles. The van der Waals surface area contributed by atoms with Crippen LogP contribution in [0.25, 0.3) is 0 Å². The molecule has 6 heteroatoms. The number of anilines is 4. The summed E-state index contributed by atoms with van der Waals surface area (Å²) in [5, 5.41) is 6.38. The van der Waals surface area contributed by atoms with Crippen LogP contribution in [-0.2, 0) is 6.54 Å². The Kier molecular flexibility index (Phi) is 4.10. The van der Waals surface area contributed by atoms with E-state index < -0.39 is 0 Å². The fourth-order valence-electron chi connectivity index (χ4n) is 1.98. The van der Waals surface area contributed by atoms with Crippen LogP contribution in [0.4, 0.5) is 23.0 Å². The fourth-order valence-corrected chi connectivity index (χ4v) is 1.98. The predicted octanol–water partition coefficient (Wildman–Crippen LogP) is 2.81. The Morgan fingerprint density at radius 2 is 1.77 bits per heavy atom. The van der Waals surface area contributed by atoms with Crippen LogP contribution < -0.4 is 16.4 Å². The third-order valence-corrected chi connectivity index (χ3v) is 3.10. The number of nitrogen functional groups attached to an aromatic ring is 1. The summed E-state index contributed by atoms with van der Waals surface area (Å²) in [7, 11) is 0. The first-order valence-electron chi connectivity index (χ1n) is 6.88. The zero-order valence-corrected chi connectivity index (χ0v) is 11.9. The predicted molar refractivity (Wildman–Crippen MR) is 87.7 cm³/mol. The van der Waals surface area contributed by atoms with Crippen molar-refractivity contribution < 1.29 is 0 Å². The van der Waals surface area contributed by atoms with Gasteiger partial charge in [-0.2, -0.15) is 0 Å². The Morgan fingerprint density at radius 1 is 0.955 bits per heavy atom. The van der Waals surface area contributed by atoms with Gasteiger partial charge in [-0.1, -0.05) is 24.3 Å². The smallest absolute Gasteiger partial charge is 0.159 e. The standard InChI is InChI=1S/C16H16N6/c17-14-15(19-10-12-5-4-8-18-9-12)20-11-21-16(14)22-13-6-2-1-3-7-13/h1-9,11H,10,17H2,(H2,19,20,21,22). The molecule has 0 aliphatic rings. The molecular weight excluding hydrogens is 276 g/mol. The maximum Gasteiger partial charge on any atom is 0.159 e. The molecule has 0 saturated carbocycles. The number of pyridine rings is 1. The van der Waals surface area contributed by atoms with Crippen LogP contribution in [0.3, 0.4) is 0 Å². The van der Waals surface area contributed by atoms with Crippen LogP contribution >= 0.6 is 0 Å². The van der Waals surface area contributed by atoms with Crippen molar-refractivity contribution in [3.8, 4) is 0 Å². The molecule has 0 atom stereocenters. The Labute approximate surface area is 128 Å². The second-order valence-electron chi connectivity index (χ2n) is 4.69. The lowest BCUT2D eigenvalue weighted by Gasteiger charge is -2.12. The van der Waals surface area contributed by atoms with Gasteiger partial charge in [-0.3, -0.25) is 4.98 Å². The van der Waals surface area contributed by atoms with Crippen LogP contribution in [-0.4, -0.2) is 15.0 Å². The van der Waals surface area contributed by atoms with E-state index in [2.05, 4.69) is 25.6 Å². The maximum absolute atomic E-state index is 6.13. The molecule has 0 aliphatic carbocycles. The lowest BCUT2D eigenvalue weighted by atomic mass is 10.3. The number of nitrogens with zero attached hydrogens (tertiary/aromatic N) is 3. The number of aromatic nitrogens is 3. The molecule has 0 unspecified atom stereocenters. The molecule has 22 heavy (non-hydrogen) atoms. The van der Waals surface area contributed by atoms with E-state index in [9.17, 15) is 0 Å². The highest BCUT2D eigenvalue weighted by Crippen LogP contribution is 2.25. The summed E-state index contributed by atoms with van der Waals surface area (Å²) in [6.07, 6.45) is 5.02. The van der Waals surface area contributed by atoms with Gasteiger partial charge in [0.1, 0.15) is 12.0 Å². The summed E-state index contributed by atoms with van der Waals surface area (Å²) < 4.78 is 0. The van der Waals surface area contributed by atoms with Crippen molar-refractivity contribution in [2.24, 2.45) is 0 Å². The maximum atomic E-state index is 6.13. The van der Waals surface area contributed by atoms with Gasteiger partial charge in [-0.25, -0.2) is 9.97 Å². The minimum Gasteiger partial charge on any atom is -0.393 e. The van der Waals surface area contributed by atoms with Crippen LogP contribution in [0.5, 0.6) is 0 Å². The number of para-hydroxylation sites is 1. The number of hydrogen-bond acceptors (Lipinski definition) is 6. The van der Waals surface area contributed by atoms with Crippen LogP contribution in [0.15, 0.2) is 61.2 Å². The van der Waals surface area contributed by atoms with E-state index >= 15 is 0 Å². The van der Waals surface area contributed by atoms with E-state index in [0.29, 0.717) is 23.9 Å². The van der Waals surface area contributed by atoms with E-state index in [4.69, 9.17) is 5.73 Å². The number of nitrogens with one attached hydrogen (secondary N) is 2. The molecule has 0 spiro atoms. The molecule has 0 radical (unpaired) electrons. The van der Waals surface area contributed by atoms with Crippen molar-refractivity contribution in [2.45, 2.75) is 6.54 Å². The molecule has 1 aromatic carbocycles. The summed E-state index contributed by atoms with van der Waals surface area (Å²) in [5.74, 6) is 1.17. The van der Waals surface area contributed by atoms with Gasteiger partial charge in [0.25, 0.3) is 0 Å². The number of benzene rings is 1. The molecule has 6 nitrogen and oxygen atoms in total. The van der Waals surface area contributed by atoms with E-state index in [1.807, 2.05) is 42.5 Å². The summed E-state index contributed by atoms with van der Waals surface area (Å²) in [6.45, 7) is 0.597. The first kappa shape index (κ1) is 13.8. The minimum absolute atomic E-state index is 0.482. The first-order chi connectivity index (χ1) is 10.8. The molecule has 3 aromatic rings. The lowest BCUT2D eigenvalue weighted by Crippen LogP contribution is -2.08. The molecule has 2 heterocycles. The zero-order chi connectivity index (χ0) is 15.2. The third-order valence-electron chi connectivity index (χ3n) is 3.10. The van der Waals surface area contributed by atoms with Crippen molar-refractivity contribution in [1.82, 2.24) is 15.0 Å². The molecule has 0 amide bonds. The SMILES string of the molecule is Nc1c(NCc2cccnc2)ncnc1Nc1ccccc1. The van der Waals surface area contributed by atoms with Crippen molar-refractivity contribution in [1.29, 1.82) is 0 Å². The summed E-state index contributed by atoms with van der Waals surface area (Å²) >= 11 is 0. The first-order valence-corrected chi connectivity index (χ1v) is 6.88. The third kappa shape index (κ3) is 3.29. The Morgan fingerprint density at radius 3 is 2.55 bits per heavy atom. The molecule has 0 bridgehead atoms. The van der Waals surface area contributed by atoms with Crippen molar-refractivity contribution in [3.05, 3.63) is 66.7 Å². The summed E-state index contributed by atoms with van der Waals surface area (Å²) in [6, 6.07) is 13.6. The van der Waals surface area contributed by atoms with Gasteiger partial charge < -0.3 is 16.4 Å². The summed E-state index contributed by atoms with van der Waals surface area (Å²) in [5.41, 5.74) is 8.59. The average Bonchev–Trinajstić information content (AvgIpc) is 2.58. The van der Waals surface area contributed by atoms with Crippen LogP contribution in [0, 0.1) is 0 Å². The van der Waals surface area contributed by atoms with Crippen molar-refractivity contribution in [2.75, 3.05) is 16.4 Å². The highest BCUT2D eigenvalue weighted by atomic mass is 15.1. The van der Waals surface area contributed by atoms with Gasteiger partial charge in [0.2, 0.25) is 0 Å². The van der Waals surface area contributed by atoms with E-state index in [-0.39, 0.29) is 0 Å². The monoisotopic (exact) mass is 292 g/mol. The molecular formula is C16H16N6. The van der Waals surface area contributed by atoms with Crippen molar-refractivity contribution in [3.63, 3.8) is 0 Å². The largest absolute Gasteiger partial charge is 0.393 e. The fraction of sp³-hybridized carbons (Fsp3) is 0.0625. The van der Waals surface area contributed by atoms with Crippen LogP contribution in [0.2, 0.25) is 0 Å². The van der Waals surface area contributed by atoms with Gasteiger partial charge in [0.15, 0.2) is 11.6 Å². The molecule has 2 aromatic heterocycles. The number of hydrogen-bond donors (Lipinski definition) is 3. The van der Waals surface area contributed by atoms with Crippen LogP contribution in [0.1, 0.15) is 5.56 Å². The Bertz CT molecular complexity index is 730. The van der Waals surface area contributed by atoms with Gasteiger partial charge in [0.05, 0.1) is 0 Å². The topological polar surface area (TPSA) is 88.8 Å². The van der Waals surface area contributed by atoms with Gasteiger partial charge in [0, 0.05) is 24.6 Å². The van der Waals surface area contributed by atoms with Gasteiger partial charge in [-0.05, 0) is 23.8 Å². The molecule has 110 valence electrons. The van der Waals surface area contributed by atoms with E-state index in [1.54, 1.807) is 12.4 Å². The second kappa shape index (κ2) is 6.53. The minimum atomic E-state index is 0.482. The molecule has 4 N–H and O–H groups in total. The van der Waals surface area contributed by atoms with Crippen molar-refractivity contribution >= 4 is 23.0 Å². The summed E-state index contributed by atoms with van der Waals surface area (Å²) in [4.78, 5) is 12.5. The highest BCUT2D eigenvalue weighted by molar-refractivity contribution is 5.77. The molecule has 0 fully saturated rings. The van der Waals surface area contributed by atoms with E-state index in [0.717, 1.165) is 11.3 Å². The zero-order valence-electron chi connectivity index (χ0n) is 11.9. The highest BCUT2D eigenvalue weighted by Gasteiger charge is 2.08. The van der Waals surface area contributed by atoms with Gasteiger partial charge in [-0.15, -0.1) is 0 Å². The Hall–Kier alpha value is -3.15.